The molecule has 1 aliphatic heterocycles. The van der Waals surface area contributed by atoms with Crippen molar-refractivity contribution in [1.82, 2.24) is 10.2 Å². The van der Waals surface area contributed by atoms with E-state index in [9.17, 15) is 14.4 Å². The number of halogens is 1. The van der Waals surface area contributed by atoms with Gasteiger partial charge in [-0.3, -0.25) is 19.3 Å². The van der Waals surface area contributed by atoms with Gasteiger partial charge < -0.3 is 10.2 Å². The molecule has 39 heavy (non-hydrogen) atoms. The molecule has 0 saturated heterocycles. The van der Waals surface area contributed by atoms with Crippen molar-refractivity contribution < 1.29 is 14.4 Å². The highest BCUT2D eigenvalue weighted by Gasteiger charge is 2.36. The van der Waals surface area contributed by atoms with Crippen LogP contribution in [-0.2, 0) is 22.6 Å². The molecule has 0 unspecified atom stereocenters. The predicted octanol–water partition coefficient (Wildman–Crippen LogP) is 5.62. The number of carbonyl (C=O) groups is 3. The van der Waals surface area contributed by atoms with Crippen LogP contribution in [0, 0.1) is 0 Å². The van der Waals surface area contributed by atoms with Gasteiger partial charge in [-0.05, 0) is 48.6 Å². The molecule has 1 heterocycles. The van der Waals surface area contributed by atoms with Crippen LogP contribution in [0.2, 0.25) is 5.02 Å². The van der Waals surface area contributed by atoms with Crippen LogP contribution in [0.15, 0.2) is 91.0 Å². The average molecular weight is 540 g/mol. The zero-order valence-electron chi connectivity index (χ0n) is 21.9. The zero-order valence-corrected chi connectivity index (χ0v) is 22.7. The van der Waals surface area contributed by atoms with Gasteiger partial charge in [0.15, 0.2) is 0 Å². The number of amides is 3. The molecule has 0 saturated carbocycles. The Bertz CT molecular complexity index is 1530. The van der Waals surface area contributed by atoms with E-state index in [2.05, 4.69) is 5.32 Å². The summed E-state index contributed by atoms with van der Waals surface area (Å²) >= 11 is 6.51. The van der Waals surface area contributed by atoms with E-state index in [0.717, 1.165) is 21.9 Å². The minimum absolute atomic E-state index is 0.111. The third-order valence-electron chi connectivity index (χ3n) is 6.94. The molecule has 3 amide bonds. The van der Waals surface area contributed by atoms with Crippen LogP contribution in [-0.4, -0.2) is 41.2 Å². The standard InChI is InChI=1S/C32H30ClN3O3/c1-21(2)34-31(38)28(18-22-10-4-3-5-11-22)35(19-24-12-6-7-16-26(24)33)29(37)20-36-27-17-9-14-23-13-8-15-25(30(23)27)32(36)39/h3-17,21,28H,18-20H2,1-2H3,(H,34,38)/t28-/m0/s1. The fourth-order valence-corrected chi connectivity index (χ4v) is 5.30. The second-order valence-corrected chi connectivity index (χ2v) is 10.5. The van der Waals surface area contributed by atoms with Gasteiger partial charge in [-0.1, -0.05) is 84.4 Å². The third-order valence-corrected chi connectivity index (χ3v) is 7.31. The van der Waals surface area contributed by atoms with Gasteiger partial charge >= 0.3 is 0 Å². The highest BCUT2D eigenvalue weighted by molar-refractivity contribution is 6.31. The first-order chi connectivity index (χ1) is 18.8. The largest absolute Gasteiger partial charge is 0.352 e. The van der Waals surface area contributed by atoms with Crippen molar-refractivity contribution in [3.8, 4) is 0 Å². The third kappa shape index (κ3) is 5.52. The molecule has 1 aliphatic rings. The molecule has 6 nitrogen and oxygen atoms in total. The molecule has 4 aromatic rings. The number of benzene rings is 4. The van der Waals surface area contributed by atoms with Crippen LogP contribution < -0.4 is 10.2 Å². The van der Waals surface area contributed by atoms with Crippen molar-refractivity contribution >= 4 is 45.8 Å². The quantitative estimate of drug-likeness (QED) is 0.300. The number of hydrogen-bond donors (Lipinski definition) is 1. The van der Waals surface area contributed by atoms with Crippen molar-refractivity contribution in [2.24, 2.45) is 0 Å². The smallest absolute Gasteiger partial charge is 0.259 e. The molecule has 7 heteroatoms. The molecule has 0 fully saturated rings. The van der Waals surface area contributed by atoms with E-state index in [4.69, 9.17) is 11.6 Å². The number of nitrogens with one attached hydrogen (secondary N) is 1. The lowest BCUT2D eigenvalue weighted by Crippen LogP contribution is -2.54. The maximum absolute atomic E-state index is 14.2. The van der Waals surface area contributed by atoms with Crippen LogP contribution in [0.25, 0.3) is 10.8 Å². The van der Waals surface area contributed by atoms with Crippen LogP contribution in [0.5, 0.6) is 0 Å². The first-order valence-electron chi connectivity index (χ1n) is 13.0. The van der Waals surface area contributed by atoms with Gasteiger partial charge in [0, 0.05) is 35.0 Å². The first-order valence-corrected chi connectivity index (χ1v) is 13.4. The summed E-state index contributed by atoms with van der Waals surface area (Å²) in [6, 6.07) is 27.3. The van der Waals surface area contributed by atoms with E-state index < -0.39 is 6.04 Å². The minimum Gasteiger partial charge on any atom is -0.352 e. The fraction of sp³-hybridized carbons (Fsp3) is 0.219. The fourth-order valence-electron chi connectivity index (χ4n) is 5.11. The molecule has 5 rings (SSSR count). The van der Waals surface area contributed by atoms with Crippen LogP contribution in [0.1, 0.15) is 35.3 Å². The highest BCUT2D eigenvalue weighted by Crippen LogP contribution is 2.37. The summed E-state index contributed by atoms with van der Waals surface area (Å²) in [5, 5.41) is 5.28. The molecule has 0 aliphatic carbocycles. The summed E-state index contributed by atoms with van der Waals surface area (Å²) in [5.74, 6) is -0.820. The Morgan fingerprint density at radius 2 is 1.59 bits per heavy atom. The van der Waals surface area contributed by atoms with Gasteiger partial charge in [-0.2, -0.15) is 0 Å². The first kappa shape index (κ1) is 26.4. The lowest BCUT2D eigenvalue weighted by molar-refractivity contribution is -0.140. The average Bonchev–Trinajstić information content (AvgIpc) is 3.19. The Balaban J connectivity index is 1.52. The van der Waals surface area contributed by atoms with E-state index in [-0.39, 0.29) is 36.9 Å². The topological polar surface area (TPSA) is 69.7 Å². The lowest BCUT2D eigenvalue weighted by Gasteiger charge is -2.33. The van der Waals surface area contributed by atoms with Gasteiger partial charge in [-0.15, -0.1) is 0 Å². The predicted molar refractivity (Wildman–Crippen MR) is 155 cm³/mol. The van der Waals surface area contributed by atoms with Crippen LogP contribution in [0.3, 0.4) is 0 Å². The normalized spacial score (nSPS) is 13.1. The Morgan fingerprint density at radius 1 is 0.897 bits per heavy atom. The summed E-state index contributed by atoms with van der Waals surface area (Å²) in [6.45, 7) is 3.70. The van der Waals surface area contributed by atoms with Gasteiger partial charge in [0.25, 0.3) is 5.91 Å². The zero-order chi connectivity index (χ0) is 27.5. The highest BCUT2D eigenvalue weighted by atomic mass is 35.5. The van der Waals surface area contributed by atoms with Gasteiger partial charge in [-0.25, -0.2) is 0 Å². The second kappa shape index (κ2) is 11.3. The molecule has 1 N–H and O–H groups in total. The summed E-state index contributed by atoms with van der Waals surface area (Å²) in [5.41, 5.74) is 2.92. The SMILES string of the molecule is CC(C)NC(=O)[C@H](Cc1ccccc1)N(Cc1ccccc1Cl)C(=O)CN1C(=O)c2cccc3cccc1c23. The molecule has 0 spiro atoms. The molecular formula is C32H30ClN3O3. The molecular weight excluding hydrogens is 510 g/mol. The Morgan fingerprint density at radius 3 is 2.31 bits per heavy atom. The number of anilines is 1. The molecule has 1 atom stereocenters. The Kier molecular flexibility index (Phi) is 7.66. The van der Waals surface area contributed by atoms with E-state index in [1.165, 1.54) is 4.90 Å². The maximum atomic E-state index is 14.2. The summed E-state index contributed by atoms with van der Waals surface area (Å²) in [7, 11) is 0. The van der Waals surface area contributed by atoms with Crippen molar-refractivity contribution in [2.45, 2.75) is 38.9 Å². The van der Waals surface area contributed by atoms with Gasteiger partial charge in [0.1, 0.15) is 12.6 Å². The second-order valence-electron chi connectivity index (χ2n) is 10.1. The molecule has 0 bridgehead atoms. The lowest BCUT2D eigenvalue weighted by atomic mass is 10.0. The van der Waals surface area contributed by atoms with Gasteiger partial charge in [0.05, 0.1) is 5.69 Å². The Labute approximate surface area is 233 Å². The van der Waals surface area contributed by atoms with Crippen LogP contribution >= 0.6 is 11.6 Å². The van der Waals surface area contributed by atoms with Crippen molar-refractivity contribution in [2.75, 3.05) is 11.4 Å². The number of rotatable bonds is 9. The van der Waals surface area contributed by atoms with E-state index in [0.29, 0.717) is 22.7 Å². The van der Waals surface area contributed by atoms with E-state index >= 15 is 0 Å². The van der Waals surface area contributed by atoms with Crippen molar-refractivity contribution in [1.29, 1.82) is 0 Å². The maximum Gasteiger partial charge on any atom is 0.259 e. The summed E-state index contributed by atoms with van der Waals surface area (Å²) in [6.07, 6.45) is 0.319. The number of carbonyl (C=O) groups excluding carboxylic acids is 3. The number of hydrogen-bond acceptors (Lipinski definition) is 3. The number of nitrogens with zero attached hydrogens (tertiary/aromatic N) is 2. The molecule has 0 aromatic heterocycles. The van der Waals surface area contributed by atoms with Crippen molar-refractivity contribution in [3.63, 3.8) is 0 Å². The summed E-state index contributed by atoms with van der Waals surface area (Å²) < 4.78 is 0. The minimum atomic E-state index is -0.811. The van der Waals surface area contributed by atoms with E-state index in [1.807, 2.05) is 92.7 Å². The van der Waals surface area contributed by atoms with Crippen molar-refractivity contribution in [3.05, 3.63) is 113 Å². The monoisotopic (exact) mass is 539 g/mol. The molecule has 4 aromatic carbocycles. The van der Waals surface area contributed by atoms with Crippen LogP contribution in [0.4, 0.5) is 5.69 Å². The molecule has 198 valence electrons. The van der Waals surface area contributed by atoms with E-state index in [1.54, 1.807) is 17.0 Å². The Hall–Kier alpha value is -4.16. The van der Waals surface area contributed by atoms with Gasteiger partial charge in [0.2, 0.25) is 11.8 Å². The summed E-state index contributed by atoms with van der Waals surface area (Å²) in [4.78, 5) is 44.3. The molecule has 0 radical (unpaired) electrons.